The lowest BCUT2D eigenvalue weighted by atomic mass is 9.66. The summed E-state index contributed by atoms with van der Waals surface area (Å²) in [6, 6.07) is 0. The number of ketones is 2. The van der Waals surface area contributed by atoms with Crippen molar-refractivity contribution in [3.05, 3.63) is 49.6 Å². The molecular formula is C16H18O2. The first-order valence-electron chi connectivity index (χ1n) is 6.35. The maximum atomic E-state index is 12.1. The minimum absolute atomic E-state index is 0.0478. The first-order valence-corrected chi connectivity index (χ1v) is 6.35. The van der Waals surface area contributed by atoms with Crippen LogP contribution in [0.5, 0.6) is 0 Å². The molecule has 2 rings (SSSR count). The highest BCUT2D eigenvalue weighted by molar-refractivity contribution is 6.01. The maximum Gasteiger partial charge on any atom is 0.159 e. The van der Waals surface area contributed by atoms with Gasteiger partial charge in [0, 0.05) is 11.8 Å². The Morgan fingerprint density at radius 2 is 1.28 bits per heavy atom. The standard InChI is InChI=1S/C16H18O2/c1-3-11-7-5-9-13(17)15(11)16-12(4-2)8-6-10-14(16)18/h3-6,9-12,15-16H,1-2,7-8H2/t11?,12?,15-,16?/m0/s1. The van der Waals surface area contributed by atoms with Crippen molar-refractivity contribution < 1.29 is 9.59 Å². The summed E-state index contributed by atoms with van der Waals surface area (Å²) in [6.45, 7) is 7.60. The zero-order valence-electron chi connectivity index (χ0n) is 10.4. The van der Waals surface area contributed by atoms with Crippen molar-refractivity contribution in [3.8, 4) is 0 Å². The molecule has 2 aliphatic rings. The van der Waals surface area contributed by atoms with Crippen molar-refractivity contribution in [2.45, 2.75) is 12.8 Å². The zero-order valence-corrected chi connectivity index (χ0v) is 10.4. The van der Waals surface area contributed by atoms with Gasteiger partial charge in [-0.15, -0.1) is 13.2 Å². The average molecular weight is 242 g/mol. The summed E-state index contributed by atoms with van der Waals surface area (Å²) in [7, 11) is 0. The zero-order chi connectivity index (χ0) is 13.1. The molecule has 0 spiro atoms. The first kappa shape index (κ1) is 12.7. The van der Waals surface area contributed by atoms with Gasteiger partial charge in [0.05, 0.1) is 0 Å². The van der Waals surface area contributed by atoms with Crippen LogP contribution in [-0.4, -0.2) is 11.6 Å². The third kappa shape index (κ3) is 2.15. The minimum Gasteiger partial charge on any atom is -0.295 e. The quantitative estimate of drug-likeness (QED) is 0.713. The summed E-state index contributed by atoms with van der Waals surface area (Å²) < 4.78 is 0. The lowest BCUT2D eigenvalue weighted by Crippen LogP contribution is -2.40. The number of hydrogen-bond acceptors (Lipinski definition) is 2. The van der Waals surface area contributed by atoms with Crippen LogP contribution in [0.15, 0.2) is 49.6 Å². The van der Waals surface area contributed by atoms with E-state index in [9.17, 15) is 9.59 Å². The number of carbonyl (C=O) groups excluding carboxylic acids is 2. The molecule has 0 saturated carbocycles. The molecule has 18 heavy (non-hydrogen) atoms. The molecule has 0 N–H and O–H groups in total. The molecule has 0 bridgehead atoms. The van der Waals surface area contributed by atoms with Crippen LogP contribution < -0.4 is 0 Å². The van der Waals surface area contributed by atoms with Crippen molar-refractivity contribution in [1.29, 1.82) is 0 Å². The van der Waals surface area contributed by atoms with E-state index in [1.165, 1.54) is 0 Å². The largest absolute Gasteiger partial charge is 0.295 e. The Morgan fingerprint density at radius 3 is 1.61 bits per heavy atom. The fourth-order valence-corrected chi connectivity index (χ4v) is 2.99. The van der Waals surface area contributed by atoms with E-state index in [0.29, 0.717) is 0 Å². The summed E-state index contributed by atoms with van der Waals surface area (Å²) >= 11 is 0. The van der Waals surface area contributed by atoms with E-state index < -0.39 is 0 Å². The van der Waals surface area contributed by atoms with Gasteiger partial charge in [-0.2, -0.15) is 0 Å². The average Bonchev–Trinajstić information content (AvgIpc) is 2.38. The highest BCUT2D eigenvalue weighted by Gasteiger charge is 2.41. The van der Waals surface area contributed by atoms with Crippen LogP contribution in [0.2, 0.25) is 0 Å². The van der Waals surface area contributed by atoms with Gasteiger partial charge in [-0.3, -0.25) is 9.59 Å². The molecule has 0 aromatic heterocycles. The Kier molecular flexibility index (Phi) is 3.75. The van der Waals surface area contributed by atoms with Gasteiger partial charge in [0.15, 0.2) is 11.6 Å². The molecule has 2 heteroatoms. The van der Waals surface area contributed by atoms with Gasteiger partial charge in [0.2, 0.25) is 0 Å². The molecule has 0 amide bonds. The highest BCUT2D eigenvalue weighted by Crippen LogP contribution is 2.38. The molecule has 2 nitrogen and oxygen atoms in total. The van der Waals surface area contributed by atoms with Crippen LogP contribution in [0.25, 0.3) is 0 Å². The van der Waals surface area contributed by atoms with Crippen LogP contribution in [0.1, 0.15) is 12.8 Å². The maximum absolute atomic E-state index is 12.1. The Bertz CT molecular complexity index is 400. The van der Waals surface area contributed by atoms with Gasteiger partial charge in [0.25, 0.3) is 0 Å². The molecular weight excluding hydrogens is 224 g/mol. The summed E-state index contributed by atoms with van der Waals surface area (Å²) in [5.74, 6) is -0.324. The molecule has 4 atom stereocenters. The lowest BCUT2D eigenvalue weighted by Gasteiger charge is -2.35. The third-order valence-corrected chi connectivity index (χ3v) is 3.95. The predicted molar refractivity (Wildman–Crippen MR) is 71.9 cm³/mol. The number of allylic oxidation sites excluding steroid dienone is 6. The second-order valence-corrected chi connectivity index (χ2v) is 4.93. The fraction of sp³-hybridized carbons (Fsp3) is 0.375. The number of carbonyl (C=O) groups is 2. The highest BCUT2D eigenvalue weighted by atomic mass is 16.1. The normalized spacial score (nSPS) is 35.6. The van der Waals surface area contributed by atoms with Gasteiger partial charge < -0.3 is 0 Å². The molecule has 0 aliphatic heterocycles. The Morgan fingerprint density at radius 1 is 0.889 bits per heavy atom. The van der Waals surface area contributed by atoms with Gasteiger partial charge in [-0.25, -0.2) is 0 Å². The van der Waals surface area contributed by atoms with Gasteiger partial charge >= 0.3 is 0 Å². The van der Waals surface area contributed by atoms with Gasteiger partial charge in [-0.05, 0) is 36.8 Å². The van der Waals surface area contributed by atoms with E-state index in [2.05, 4.69) is 13.2 Å². The SMILES string of the molecule is C=CC1CC=CC(=O)C1[C@@H]1C(=O)C=CCC1C=C. The van der Waals surface area contributed by atoms with E-state index in [0.717, 1.165) is 12.8 Å². The molecule has 2 aliphatic carbocycles. The molecule has 0 saturated heterocycles. The van der Waals surface area contributed by atoms with Crippen molar-refractivity contribution in [2.24, 2.45) is 23.7 Å². The minimum atomic E-state index is -0.270. The van der Waals surface area contributed by atoms with Crippen molar-refractivity contribution >= 4 is 11.6 Å². The second kappa shape index (κ2) is 5.30. The van der Waals surface area contributed by atoms with E-state index in [4.69, 9.17) is 0 Å². The Labute approximate surface area is 108 Å². The predicted octanol–water partition coefficient (Wildman–Crippen LogP) is 2.88. The molecule has 0 radical (unpaired) electrons. The topological polar surface area (TPSA) is 34.1 Å². The molecule has 94 valence electrons. The van der Waals surface area contributed by atoms with E-state index in [-0.39, 0.29) is 35.2 Å². The molecule has 0 aromatic rings. The van der Waals surface area contributed by atoms with Crippen molar-refractivity contribution in [2.75, 3.05) is 0 Å². The van der Waals surface area contributed by atoms with Crippen molar-refractivity contribution in [1.82, 2.24) is 0 Å². The van der Waals surface area contributed by atoms with E-state index in [1.54, 1.807) is 24.3 Å². The molecule has 0 heterocycles. The van der Waals surface area contributed by atoms with Gasteiger partial charge in [-0.1, -0.05) is 24.3 Å². The fourth-order valence-electron chi connectivity index (χ4n) is 2.99. The van der Waals surface area contributed by atoms with Crippen LogP contribution in [0.3, 0.4) is 0 Å². The Hall–Kier alpha value is -1.70. The molecule has 0 aromatic carbocycles. The summed E-state index contributed by atoms with van der Waals surface area (Å²) in [6.07, 6.45) is 12.1. The van der Waals surface area contributed by atoms with E-state index in [1.807, 2.05) is 12.2 Å². The summed E-state index contributed by atoms with van der Waals surface area (Å²) in [5, 5.41) is 0. The van der Waals surface area contributed by atoms with Crippen molar-refractivity contribution in [3.63, 3.8) is 0 Å². The summed E-state index contributed by atoms with van der Waals surface area (Å²) in [5.41, 5.74) is 0. The molecule has 0 fully saturated rings. The first-order chi connectivity index (χ1) is 8.69. The lowest BCUT2D eigenvalue weighted by molar-refractivity contribution is -0.130. The van der Waals surface area contributed by atoms with Crippen LogP contribution in [0.4, 0.5) is 0 Å². The van der Waals surface area contributed by atoms with E-state index >= 15 is 0 Å². The second-order valence-electron chi connectivity index (χ2n) is 4.93. The number of hydrogen-bond donors (Lipinski definition) is 0. The molecule has 3 unspecified atom stereocenters. The van der Waals surface area contributed by atoms with Gasteiger partial charge in [0.1, 0.15) is 0 Å². The number of rotatable bonds is 3. The third-order valence-electron chi connectivity index (χ3n) is 3.95. The monoisotopic (exact) mass is 242 g/mol. The Balaban J connectivity index is 2.37. The van der Waals surface area contributed by atoms with Crippen LogP contribution >= 0.6 is 0 Å². The summed E-state index contributed by atoms with van der Waals surface area (Å²) in [4.78, 5) is 24.2. The van der Waals surface area contributed by atoms with Crippen LogP contribution in [-0.2, 0) is 9.59 Å². The van der Waals surface area contributed by atoms with Crippen LogP contribution in [0, 0.1) is 23.7 Å². The smallest absolute Gasteiger partial charge is 0.159 e.